The van der Waals surface area contributed by atoms with Crippen LogP contribution < -0.4 is 18.9 Å². The fourth-order valence-electron chi connectivity index (χ4n) is 2.37. The molecule has 140 valence electrons. The minimum absolute atomic E-state index is 0.0161. The van der Waals surface area contributed by atoms with Gasteiger partial charge in [0.05, 0.1) is 6.26 Å². The largest absolute Gasteiger partial charge is 0.491 e. The Kier molecular flexibility index (Phi) is 5.19. The van der Waals surface area contributed by atoms with Gasteiger partial charge in [-0.25, -0.2) is 26.3 Å². The summed E-state index contributed by atoms with van der Waals surface area (Å²) in [5.74, 6) is 1.05. The average molecular weight is 398 g/mol. The molecule has 2 aromatic carbocycles. The maximum absolute atomic E-state index is 12.2. The second-order valence-corrected chi connectivity index (χ2v) is 9.27. The minimum atomic E-state index is -3.66. The van der Waals surface area contributed by atoms with Gasteiger partial charge < -0.3 is 9.47 Å². The number of fused-ring (bicyclic) bond motifs is 1. The van der Waals surface area contributed by atoms with E-state index >= 15 is 0 Å². The van der Waals surface area contributed by atoms with E-state index in [1.165, 1.54) is 6.07 Å². The molecular weight excluding hydrogens is 380 g/mol. The first-order chi connectivity index (χ1) is 12.2. The van der Waals surface area contributed by atoms with Crippen LogP contribution in [0.4, 0.5) is 0 Å². The van der Waals surface area contributed by atoms with E-state index in [4.69, 9.17) is 9.47 Å². The number of sulfonamides is 2. The summed E-state index contributed by atoms with van der Waals surface area (Å²) in [7, 11) is -6.96. The molecule has 0 aliphatic carbocycles. The predicted octanol–water partition coefficient (Wildman–Crippen LogP) is 1.20. The van der Waals surface area contributed by atoms with Crippen molar-refractivity contribution in [2.24, 2.45) is 0 Å². The average Bonchev–Trinajstić information content (AvgIpc) is 2.71. The molecule has 8 nitrogen and oxygen atoms in total. The van der Waals surface area contributed by atoms with E-state index in [1.54, 1.807) is 36.4 Å². The van der Waals surface area contributed by atoms with Crippen LogP contribution >= 0.6 is 0 Å². The predicted molar refractivity (Wildman–Crippen MR) is 95.3 cm³/mol. The molecule has 0 saturated carbocycles. The van der Waals surface area contributed by atoms with E-state index in [1.807, 2.05) is 0 Å². The lowest BCUT2D eigenvalue weighted by Crippen LogP contribution is -2.24. The molecule has 2 N–H and O–H groups in total. The van der Waals surface area contributed by atoms with Crippen LogP contribution in [0.3, 0.4) is 0 Å². The second-order valence-electron chi connectivity index (χ2n) is 5.70. The third-order valence-electron chi connectivity index (χ3n) is 3.53. The number of hydrogen-bond acceptors (Lipinski definition) is 6. The van der Waals surface area contributed by atoms with Crippen LogP contribution in [-0.2, 0) is 26.6 Å². The van der Waals surface area contributed by atoms with Gasteiger partial charge in [0, 0.05) is 19.2 Å². The lowest BCUT2D eigenvalue weighted by atomic mass is 10.2. The zero-order valence-corrected chi connectivity index (χ0v) is 15.6. The Morgan fingerprint density at radius 3 is 2.73 bits per heavy atom. The first kappa shape index (κ1) is 18.6. The number of ether oxygens (including phenoxy) is 2. The summed E-state index contributed by atoms with van der Waals surface area (Å²) in [6.07, 6.45) is 1.08. The molecule has 2 aromatic rings. The molecule has 0 aromatic heterocycles. The van der Waals surface area contributed by atoms with E-state index < -0.39 is 20.0 Å². The zero-order chi connectivity index (χ0) is 18.8. The van der Waals surface area contributed by atoms with Crippen molar-refractivity contribution in [3.8, 4) is 17.2 Å². The Morgan fingerprint density at radius 2 is 1.96 bits per heavy atom. The molecule has 0 saturated heterocycles. The van der Waals surface area contributed by atoms with Crippen molar-refractivity contribution >= 4 is 20.0 Å². The SMILES string of the molecule is CS(=O)(=O)NCc1cccc(Oc2ccc3c(c2)S(=O)(=O)NCCO3)c1. The van der Waals surface area contributed by atoms with Crippen molar-refractivity contribution in [1.82, 2.24) is 9.44 Å². The van der Waals surface area contributed by atoms with Gasteiger partial charge in [-0.15, -0.1) is 0 Å². The van der Waals surface area contributed by atoms with E-state index in [-0.39, 0.29) is 30.3 Å². The molecule has 0 amide bonds. The van der Waals surface area contributed by atoms with Crippen LogP contribution in [0.2, 0.25) is 0 Å². The number of rotatable bonds is 5. The van der Waals surface area contributed by atoms with Crippen LogP contribution in [0.5, 0.6) is 17.2 Å². The molecule has 10 heteroatoms. The first-order valence-electron chi connectivity index (χ1n) is 7.71. The maximum atomic E-state index is 12.2. The molecule has 0 atom stereocenters. The molecule has 1 aliphatic rings. The highest BCUT2D eigenvalue weighted by molar-refractivity contribution is 7.89. The van der Waals surface area contributed by atoms with E-state index in [0.29, 0.717) is 17.1 Å². The van der Waals surface area contributed by atoms with Crippen LogP contribution in [-0.4, -0.2) is 36.2 Å². The summed E-state index contributed by atoms with van der Waals surface area (Å²) in [6.45, 7) is 0.580. The van der Waals surface area contributed by atoms with Crippen molar-refractivity contribution in [1.29, 1.82) is 0 Å². The van der Waals surface area contributed by atoms with Gasteiger partial charge in [0.25, 0.3) is 0 Å². The lowest BCUT2D eigenvalue weighted by molar-refractivity contribution is 0.320. The van der Waals surface area contributed by atoms with Crippen LogP contribution in [0.1, 0.15) is 5.56 Å². The molecule has 1 heterocycles. The highest BCUT2D eigenvalue weighted by atomic mass is 32.2. The van der Waals surface area contributed by atoms with Crippen LogP contribution in [0.25, 0.3) is 0 Å². The summed E-state index contributed by atoms with van der Waals surface area (Å²) in [4.78, 5) is 0.0161. The summed E-state index contributed by atoms with van der Waals surface area (Å²) in [6, 6.07) is 11.4. The fraction of sp³-hybridized carbons (Fsp3) is 0.250. The monoisotopic (exact) mass is 398 g/mol. The van der Waals surface area contributed by atoms with Gasteiger partial charge in [-0.3, -0.25) is 0 Å². The molecule has 0 unspecified atom stereocenters. The van der Waals surface area contributed by atoms with Gasteiger partial charge in [-0.05, 0) is 29.8 Å². The fourth-order valence-corrected chi connectivity index (χ4v) is 3.96. The third-order valence-corrected chi connectivity index (χ3v) is 5.68. The third kappa shape index (κ3) is 4.73. The Morgan fingerprint density at radius 1 is 1.19 bits per heavy atom. The van der Waals surface area contributed by atoms with E-state index in [2.05, 4.69) is 9.44 Å². The molecule has 3 rings (SSSR count). The van der Waals surface area contributed by atoms with Gasteiger partial charge >= 0.3 is 0 Å². The molecule has 0 spiro atoms. The molecule has 26 heavy (non-hydrogen) atoms. The van der Waals surface area contributed by atoms with Crippen molar-refractivity contribution in [2.75, 3.05) is 19.4 Å². The smallest absolute Gasteiger partial charge is 0.244 e. The van der Waals surface area contributed by atoms with Gasteiger partial charge in [0.1, 0.15) is 28.8 Å². The second kappa shape index (κ2) is 7.23. The van der Waals surface area contributed by atoms with Gasteiger partial charge in [-0.1, -0.05) is 12.1 Å². The number of nitrogens with one attached hydrogen (secondary N) is 2. The van der Waals surface area contributed by atoms with E-state index in [0.717, 1.165) is 6.26 Å². The highest BCUT2D eigenvalue weighted by Crippen LogP contribution is 2.32. The lowest BCUT2D eigenvalue weighted by Gasteiger charge is -2.11. The summed E-state index contributed by atoms with van der Waals surface area (Å²) in [5, 5.41) is 0. The summed E-state index contributed by atoms with van der Waals surface area (Å²) >= 11 is 0. The number of benzene rings is 2. The van der Waals surface area contributed by atoms with Gasteiger partial charge in [0.15, 0.2) is 0 Å². The molecular formula is C16H18N2O6S2. The first-order valence-corrected chi connectivity index (χ1v) is 11.1. The summed E-state index contributed by atoms with van der Waals surface area (Å²) in [5.41, 5.74) is 0.709. The molecule has 0 radical (unpaired) electrons. The van der Waals surface area contributed by atoms with Crippen molar-refractivity contribution in [3.63, 3.8) is 0 Å². The molecule has 0 bridgehead atoms. The van der Waals surface area contributed by atoms with E-state index in [9.17, 15) is 16.8 Å². The van der Waals surface area contributed by atoms with Gasteiger partial charge in [-0.2, -0.15) is 0 Å². The maximum Gasteiger partial charge on any atom is 0.244 e. The standard InChI is InChI=1S/C16H18N2O6S2/c1-25(19,20)18-11-12-3-2-4-13(9-12)24-14-5-6-15-16(10-14)26(21,22)17-7-8-23-15/h2-6,9-10,17-18H,7-8,11H2,1H3. The summed E-state index contributed by atoms with van der Waals surface area (Å²) < 4.78 is 62.8. The van der Waals surface area contributed by atoms with Crippen LogP contribution in [0.15, 0.2) is 47.4 Å². The number of hydrogen-bond donors (Lipinski definition) is 2. The van der Waals surface area contributed by atoms with Crippen molar-refractivity contribution < 1.29 is 26.3 Å². The van der Waals surface area contributed by atoms with Crippen molar-refractivity contribution in [2.45, 2.75) is 11.4 Å². The van der Waals surface area contributed by atoms with Crippen LogP contribution in [0, 0.1) is 0 Å². The minimum Gasteiger partial charge on any atom is -0.491 e. The quantitative estimate of drug-likeness (QED) is 0.783. The zero-order valence-electron chi connectivity index (χ0n) is 13.9. The Hall–Kier alpha value is -2.14. The Balaban J connectivity index is 1.83. The Labute approximate surface area is 152 Å². The molecule has 1 aliphatic heterocycles. The topological polar surface area (TPSA) is 111 Å². The highest BCUT2D eigenvalue weighted by Gasteiger charge is 2.23. The van der Waals surface area contributed by atoms with Crippen molar-refractivity contribution in [3.05, 3.63) is 48.0 Å². The normalized spacial score (nSPS) is 16.2. The molecule has 0 fully saturated rings. The van der Waals surface area contributed by atoms with Gasteiger partial charge in [0.2, 0.25) is 20.0 Å². The Bertz CT molecular complexity index is 1020.